The van der Waals surface area contributed by atoms with E-state index in [1.54, 1.807) is 11.3 Å². The Labute approximate surface area is 111 Å². The summed E-state index contributed by atoms with van der Waals surface area (Å²) in [4.78, 5) is 10.8. The summed E-state index contributed by atoms with van der Waals surface area (Å²) in [5, 5.41) is 4.21. The van der Waals surface area contributed by atoms with E-state index in [0.29, 0.717) is 12.2 Å². The van der Waals surface area contributed by atoms with E-state index in [9.17, 15) is 4.79 Å². The van der Waals surface area contributed by atoms with Crippen LogP contribution in [0.25, 0.3) is 0 Å². The van der Waals surface area contributed by atoms with Crippen LogP contribution >= 0.6 is 11.3 Å². The van der Waals surface area contributed by atoms with E-state index in [0.717, 1.165) is 29.6 Å². The summed E-state index contributed by atoms with van der Waals surface area (Å²) < 4.78 is 5.83. The van der Waals surface area contributed by atoms with Crippen LogP contribution in [0.3, 0.4) is 0 Å². The van der Waals surface area contributed by atoms with Crippen molar-refractivity contribution in [3.8, 4) is 5.75 Å². The van der Waals surface area contributed by atoms with Gasteiger partial charge in [0, 0.05) is 12.0 Å². The van der Waals surface area contributed by atoms with Gasteiger partial charge in [0.15, 0.2) is 0 Å². The highest BCUT2D eigenvalue weighted by Gasteiger charge is 2.06. The number of benzene rings is 1. The van der Waals surface area contributed by atoms with E-state index in [-0.39, 0.29) is 0 Å². The monoisotopic (exact) mass is 260 g/mol. The lowest BCUT2D eigenvalue weighted by Crippen LogP contribution is -2.03. The molecule has 0 aliphatic carbocycles. The van der Waals surface area contributed by atoms with Crippen molar-refractivity contribution >= 4 is 17.6 Å². The van der Waals surface area contributed by atoms with Crippen LogP contribution < -0.4 is 4.74 Å². The van der Waals surface area contributed by atoms with Crippen LogP contribution in [0.1, 0.15) is 27.0 Å². The van der Waals surface area contributed by atoms with Gasteiger partial charge in [-0.15, -0.1) is 0 Å². The van der Waals surface area contributed by atoms with Gasteiger partial charge in [0.05, 0.1) is 6.61 Å². The third-order valence-electron chi connectivity index (χ3n) is 2.84. The molecule has 0 fully saturated rings. The molecule has 0 amide bonds. The Bertz CT molecular complexity index is 506. The first-order chi connectivity index (χ1) is 8.70. The molecule has 1 aromatic carbocycles. The average Bonchev–Trinajstić information content (AvgIpc) is 2.85. The molecule has 0 unspecified atom stereocenters. The standard InChI is InChI=1S/C15H16O2S/c1-11-7-14(9-16)8-12(2)15(11)17-5-3-13-4-6-18-10-13/h4,6-10H,3,5H2,1-2H3. The lowest BCUT2D eigenvalue weighted by atomic mass is 10.1. The molecular weight excluding hydrogens is 244 g/mol. The van der Waals surface area contributed by atoms with Crippen molar-refractivity contribution in [3.05, 3.63) is 51.2 Å². The van der Waals surface area contributed by atoms with Gasteiger partial charge < -0.3 is 4.74 Å². The third kappa shape index (κ3) is 2.99. The maximum Gasteiger partial charge on any atom is 0.150 e. The molecular formula is C15H16O2S. The highest BCUT2D eigenvalue weighted by Crippen LogP contribution is 2.24. The number of carbonyl (C=O) groups excluding carboxylic acids is 1. The van der Waals surface area contributed by atoms with Gasteiger partial charge in [0.25, 0.3) is 0 Å². The van der Waals surface area contributed by atoms with Gasteiger partial charge >= 0.3 is 0 Å². The zero-order valence-electron chi connectivity index (χ0n) is 10.6. The van der Waals surface area contributed by atoms with Gasteiger partial charge in [-0.3, -0.25) is 4.79 Å². The predicted octanol–water partition coefficient (Wildman–Crippen LogP) is 3.80. The summed E-state index contributed by atoms with van der Waals surface area (Å²) >= 11 is 1.70. The van der Waals surface area contributed by atoms with Crippen LogP contribution in [0.2, 0.25) is 0 Å². The Kier molecular flexibility index (Phi) is 4.15. The Morgan fingerprint density at radius 1 is 1.28 bits per heavy atom. The first-order valence-corrected chi connectivity index (χ1v) is 6.85. The summed E-state index contributed by atoms with van der Waals surface area (Å²) in [6, 6.07) is 5.84. The highest BCUT2D eigenvalue weighted by molar-refractivity contribution is 7.07. The fourth-order valence-electron chi connectivity index (χ4n) is 1.99. The van der Waals surface area contributed by atoms with Gasteiger partial charge in [-0.2, -0.15) is 11.3 Å². The smallest absolute Gasteiger partial charge is 0.150 e. The van der Waals surface area contributed by atoms with Gasteiger partial charge in [0.1, 0.15) is 12.0 Å². The molecule has 94 valence electrons. The molecule has 2 rings (SSSR count). The molecule has 0 saturated carbocycles. The van der Waals surface area contributed by atoms with Crippen molar-refractivity contribution in [2.75, 3.05) is 6.61 Å². The van der Waals surface area contributed by atoms with E-state index in [1.807, 2.05) is 26.0 Å². The van der Waals surface area contributed by atoms with Crippen LogP contribution in [0.4, 0.5) is 0 Å². The lowest BCUT2D eigenvalue weighted by Gasteiger charge is -2.12. The summed E-state index contributed by atoms with van der Waals surface area (Å²) in [5.41, 5.74) is 4.04. The molecule has 0 aliphatic heterocycles. The summed E-state index contributed by atoms with van der Waals surface area (Å²) in [6.07, 6.45) is 1.78. The molecule has 0 atom stereocenters. The number of carbonyl (C=O) groups is 1. The number of thiophene rings is 1. The van der Waals surface area contributed by atoms with Crippen LogP contribution in [-0.4, -0.2) is 12.9 Å². The lowest BCUT2D eigenvalue weighted by molar-refractivity contribution is 0.112. The van der Waals surface area contributed by atoms with Crippen LogP contribution in [0.15, 0.2) is 29.0 Å². The zero-order chi connectivity index (χ0) is 13.0. The second-order valence-electron chi connectivity index (χ2n) is 4.33. The Morgan fingerprint density at radius 3 is 2.56 bits per heavy atom. The molecule has 2 aromatic rings. The van der Waals surface area contributed by atoms with E-state index in [4.69, 9.17) is 4.74 Å². The number of ether oxygens (including phenoxy) is 1. The van der Waals surface area contributed by atoms with Crippen molar-refractivity contribution in [2.24, 2.45) is 0 Å². The minimum atomic E-state index is 0.666. The number of hydrogen-bond donors (Lipinski definition) is 0. The summed E-state index contributed by atoms with van der Waals surface area (Å²) in [7, 11) is 0. The molecule has 3 heteroatoms. The summed E-state index contributed by atoms with van der Waals surface area (Å²) in [6.45, 7) is 4.61. The van der Waals surface area contributed by atoms with Gasteiger partial charge in [-0.05, 0) is 59.5 Å². The minimum Gasteiger partial charge on any atom is -0.493 e. The Hall–Kier alpha value is -1.61. The largest absolute Gasteiger partial charge is 0.493 e. The number of aryl methyl sites for hydroxylation is 2. The van der Waals surface area contributed by atoms with Crippen molar-refractivity contribution < 1.29 is 9.53 Å². The second-order valence-corrected chi connectivity index (χ2v) is 5.11. The van der Waals surface area contributed by atoms with E-state index in [1.165, 1.54) is 5.56 Å². The fourth-order valence-corrected chi connectivity index (χ4v) is 2.69. The van der Waals surface area contributed by atoms with Gasteiger partial charge in [-0.25, -0.2) is 0 Å². The molecule has 1 aromatic heterocycles. The maximum atomic E-state index is 10.8. The minimum absolute atomic E-state index is 0.666. The maximum absolute atomic E-state index is 10.8. The van der Waals surface area contributed by atoms with Crippen LogP contribution in [-0.2, 0) is 6.42 Å². The van der Waals surface area contributed by atoms with Crippen molar-refractivity contribution in [2.45, 2.75) is 20.3 Å². The van der Waals surface area contributed by atoms with Crippen LogP contribution in [0, 0.1) is 13.8 Å². The molecule has 0 saturated heterocycles. The van der Waals surface area contributed by atoms with Gasteiger partial charge in [-0.1, -0.05) is 0 Å². The molecule has 0 N–H and O–H groups in total. The zero-order valence-corrected chi connectivity index (χ0v) is 11.4. The van der Waals surface area contributed by atoms with Gasteiger partial charge in [0.2, 0.25) is 0 Å². The summed E-state index contributed by atoms with van der Waals surface area (Å²) in [5.74, 6) is 0.899. The van der Waals surface area contributed by atoms with Crippen molar-refractivity contribution in [3.63, 3.8) is 0 Å². The molecule has 2 nitrogen and oxygen atoms in total. The number of hydrogen-bond acceptors (Lipinski definition) is 3. The van der Waals surface area contributed by atoms with E-state index in [2.05, 4.69) is 16.8 Å². The molecule has 0 spiro atoms. The van der Waals surface area contributed by atoms with Crippen molar-refractivity contribution in [1.82, 2.24) is 0 Å². The molecule has 1 heterocycles. The van der Waals surface area contributed by atoms with E-state index < -0.39 is 0 Å². The molecule has 18 heavy (non-hydrogen) atoms. The SMILES string of the molecule is Cc1cc(C=O)cc(C)c1OCCc1ccsc1. The Morgan fingerprint density at radius 2 is 2.00 bits per heavy atom. The molecule has 0 radical (unpaired) electrons. The predicted molar refractivity (Wildman–Crippen MR) is 74.8 cm³/mol. The number of aldehydes is 1. The normalized spacial score (nSPS) is 10.3. The Balaban J connectivity index is 2.03. The molecule has 0 bridgehead atoms. The first-order valence-electron chi connectivity index (χ1n) is 5.91. The fraction of sp³-hybridized carbons (Fsp3) is 0.267. The topological polar surface area (TPSA) is 26.3 Å². The second kappa shape index (κ2) is 5.83. The molecule has 0 aliphatic rings. The first kappa shape index (κ1) is 12.8. The average molecular weight is 260 g/mol. The van der Waals surface area contributed by atoms with Crippen LogP contribution in [0.5, 0.6) is 5.75 Å². The van der Waals surface area contributed by atoms with E-state index >= 15 is 0 Å². The third-order valence-corrected chi connectivity index (χ3v) is 3.57. The highest BCUT2D eigenvalue weighted by atomic mass is 32.1. The van der Waals surface area contributed by atoms with Crippen molar-refractivity contribution in [1.29, 1.82) is 0 Å². The number of rotatable bonds is 5. The quantitative estimate of drug-likeness (QED) is 0.764.